The predicted molar refractivity (Wildman–Crippen MR) is 92.1 cm³/mol. The number of hydrogen-bond donors (Lipinski definition) is 0. The summed E-state index contributed by atoms with van der Waals surface area (Å²) in [5.41, 5.74) is -2.09. The molecule has 0 aromatic heterocycles. The SMILES string of the molecule is COC(=O)[C@]12[C@@H]3[C@H]4C(=O)C=C[C@H]4[C@@H]4[C@H]3[C@H]3[C@@H]1[C@H]1C=CC(=O)[C@@H]1[C@@H]3[C@@]42C(=O)OC. The van der Waals surface area contributed by atoms with Gasteiger partial charge in [0.1, 0.15) is 0 Å². The van der Waals surface area contributed by atoms with Gasteiger partial charge in [-0.25, -0.2) is 0 Å². The molecule has 0 unspecified atom stereocenters. The molecule has 0 aromatic carbocycles. The highest BCUT2D eigenvalue weighted by atomic mass is 16.5. The van der Waals surface area contributed by atoms with Crippen LogP contribution in [0.15, 0.2) is 24.3 Å². The molecule has 0 amide bonds. The second-order valence-corrected chi connectivity index (χ2v) is 9.71. The molecule has 8 bridgehead atoms. The summed E-state index contributed by atoms with van der Waals surface area (Å²) in [6.45, 7) is 0. The maximum absolute atomic E-state index is 13.5. The normalized spacial score (nSPS) is 59.5. The zero-order valence-electron chi connectivity index (χ0n) is 15.5. The van der Waals surface area contributed by atoms with Gasteiger partial charge >= 0.3 is 11.9 Å². The third-order valence-electron chi connectivity index (χ3n) is 9.99. The molecule has 144 valence electrons. The van der Waals surface area contributed by atoms with E-state index in [1.807, 2.05) is 12.2 Å². The molecule has 0 aliphatic heterocycles. The van der Waals surface area contributed by atoms with Gasteiger partial charge in [-0.05, 0) is 59.5 Å². The van der Waals surface area contributed by atoms with E-state index in [9.17, 15) is 19.2 Å². The first-order valence-electron chi connectivity index (χ1n) is 10.1. The number of ether oxygens (including phenoxy) is 2. The minimum absolute atomic E-state index is 0.0335. The van der Waals surface area contributed by atoms with E-state index in [1.54, 1.807) is 12.2 Å². The lowest BCUT2D eigenvalue weighted by molar-refractivity contribution is -0.206. The van der Waals surface area contributed by atoms with E-state index in [1.165, 1.54) is 14.2 Å². The second kappa shape index (κ2) is 4.19. The maximum Gasteiger partial charge on any atom is 0.313 e. The van der Waals surface area contributed by atoms with Crippen LogP contribution >= 0.6 is 0 Å². The van der Waals surface area contributed by atoms with Crippen LogP contribution in [0.2, 0.25) is 0 Å². The number of carbonyl (C=O) groups is 4. The van der Waals surface area contributed by atoms with Crippen molar-refractivity contribution >= 4 is 23.5 Å². The van der Waals surface area contributed by atoms with E-state index in [2.05, 4.69) is 0 Å². The summed E-state index contributed by atoms with van der Waals surface area (Å²) >= 11 is 0. The molecule has 6 saturated carbocycles. The summed E-state index contributed by atoms with van der Waals surface area (Å²) in [7, 11) is 2.73. The highest BCUT2D eigenvalue weighted by Crippen LogP contribution is 2.96. The fourth-order valence-corrected chi connectivity index (χ4v) is 10.3. The van der Waals surface area contributed by atoms with Gasteiger partial charge in [-0.15, -0.1) is 0 Å². The molecule has 0 radical (unpaired) electrons. The minimum Gasteiger partial charge on any atom is -0.469 e. The third-order valence-corrected chi connectivity index (χ3v) is 9.99. The molecule has 0 N–H and O–H groups in total. The Labute approximate surface area is 161 Å². The topological polar surface area (TPSA) is 86.7 Å². The maximum atomic E-state index is 13.5. The first-order valence-corrected chi connectivity index (χ1v) is 10.1. The molecule has 0 heterocycles. The molecule has 0 saturated heterocycles. The molecule has 6 nitrogen and oxygen atoms in total. The average Bonchev–Trinajstić information content (AvgIpc) is 3.49. The van der Waals surface area contributed by atoms with Crippen LogP contribution in [0.4, 0.5) is 0 Å². The van der Waals surface area contributed by atoms with Crippen molar-refractivity contribution < 1.29 is 28.7 Å². The van der Waals surface area contributed by atoms with E-state index in [-0.39, 0.29) is 82.7 Å². The molecular formula is C22H20O6. The quantitative estimate of drug-likeness (QED) is 0.659. The molecule has 0 spiro atoms. The number of rotatable bonds is 2. The van der Waals surface area contributed by atoms with Gasteiger partial charge in [-0.2, -0.15) is 0 Å². The molecule has 6 heteroatoms. The number of fused-ring (bicyclic) bond motifs is 2. The summed E-state index contributed by atoms with van der Waals surface area (Å²) in [5, 5.41) is 0. The van der Waals surface area contributed by atoms with Crippen LogP contribution in [0.5, 0.6) is 0 Å². The van der Waals surface area contributed by atoms with E-state index in [0.29, 0.717) is 0 Å². The highest BCUT2D eigenvalue weighted by molar-refractivity contribution is 6.03. The number of methoxy groups -OCH3 is 2. The Balaban J connectivity index is 1.56. The molecule has 8 aliphatic rings. The first-order chi connectivity index (χ1) is 13.5. The number of carbonyl (C=O) groups excluding carboxylic acids is 4. The molecule has 28 heavy (non-hydrogen) atoms. The second-order valence-electron chi connectivity index (χ2n) is 9.71. The largest absolute Gasteiger partial charge is 0.469 e. The predicted octanol–water partition coefficient (Wildman–Crippen LogP) is 0.813. The molecule has 6 fully saturated rings. The van der Waals surface area contributed by atoms with Gasteiger partial charge in [-0.3, -0.25) is 19.2 Å². The van der Waals surface area contributed by atoms with Gasteiger partial charge in [0.15, 0.2) is 11.6 Å². The Morgan fingerprint density at radius 2 is 1.14 bits per heavy atom. The van der Waals surface area contributed by atoms with E-state index in [4.69, 9.17) is 9.47 Å². The Bertz CT molecular complexity index is 900. The van der Waals surface area contributed by atoms with E-state index < -0.39 is 10.8 Å². The van der Waals surface area contributed by atoms with Gasteiger partial charge in [-0.1, -0.05) is 12.2 Å². The summed E-state index contributed by atoms with van der Waals surface area (Å²) in [6.07, 6.45) is 7.13. The van der Waals surface area contributed by atoms with Crippen LogP contribution in [-0.4, -0.2) is 37.7 Å². The lowest BCUT2D eigenvalue weighted by Gasteiger charge is -2.56. The van der Waals surface area contributed by atoms with Gasteiger partial charge < -0.3 is 9.47 Å². The van der Waals surface area contributed by atoms with Crippen molar-refractivity contribution in [1.29, 1.82) is 0 Å². The standard InChI is InChI=1S/C22H20O6/c1-27-19(25)21-15-7-3-5-10(24)12(7)18-13(15)14-16(22(18,21)20(26)28-2)8-4-6-9(23)11(8)17(14)21/h3-8,11-18H,1-2H3/t7-,8+,11-,12-,13-,14+,15-,16+,17+,18-,21-,22-/m1/s1. The van der Waals surface area contributed by atoms with Crippen molar-refractivity contribution in [2.45, 2.75) is 0 Å². The summed E-state index contributed by atoms with van der Waals surface area (Å²) in [5.74, 6) is -1.53. The van der Waals surface area contributed by atoms with Crippen LogP contribution in [0.3, 0.4) is 0 Å². The minimum atomic E-state index is -1.04. The number of allylic oxidation sites excluding steroid dienone is 4. The van der Waals surface area contributed by atoms with Crippen molar-refractivity contribution in [1.82, 2.24) is 0 Å². The molecule has 12 atom stereocenters. The lowest BCUT2D eigenvalue weighted by atomic mass is 9.43. The Morgan fingerprint density at radius 1 is 0.750 bits per heavy atom. The van der Waals surface area contributed by atoms with Gasteiger partial charge in [0.25, 0.3) is 0 Å². The van der Waals surface area contributed by atoms with Crippen LogP contribution in [-0.2, 0) is 28.7 Å². The number of hydrogen-bond acceptors (Lipinski definition) is 6. The highest BCUT2D eigenvalue weighted by Gasteiger charge is 3.01. The van der Waals surface area contributed by atoms with Crippen LogP contribution < -0.4 is 0 Å². The number of esters is 2. The monoisotopic (exact) mass is 380 g/mol. The smallest absolute Gasteiger partial charge is 0.313 e. The van der Waals surface area contributed by atoms with Crippen molar-refractivity contribution in [3.8, 4) is 0 Å². The van der Waals surface area contributed by atoms with Crippen LogP contribution in [0, 0.1) is 70.0 Å². The van der Waals surface area contributed by atoms with Crippen LogP contribution in [0.1, 0.15) is 0 Å². The van der Waals surface area contributed by atoms with Gasteiger partial charge in [0, 0.05) is 11.8 Å². The summed E-state index contributed by atoms with van der Waals surface area (Å²) in [4.78, 5) is 52.6. The fourth-order valence-electron chi connectivity index (χ4n) is 10.3. The van der Waals surface area contributed by atoms with E-state index in [0.717, 1.165) is 0 Å². The molecule has 0 aromatic rings. The van der Waals surface area contributed by atoms with Crippen molar-refractivity contribution in [2.75, 3.05) is 14.2 Å². The molecule has 8 aliphatic carbocycles. The van der Waals surface area contributed by atoms with Crippen molar-refractivity contribution in [3.05, 3.63) is 24.3 Å². The van der Waals surface area contributed by atoms with Crippen LogP contribution in [0.25, 0.3) is 0 Å². The Hall–Kier alpha value is -2.24. The zero-order valence-corrected chi connectivity index (χ0v) is 15.5. The number of ketones is 2. The van der Waals surface area contributed by atoms with Gasteiger partial charge in [0.05, 0.1) is 25.0 Å². The first kappa shape index (κ1) is 15.7. The molecular weight excluding hydrogens is 360 g/mol. The summed E-state index contributed by atoms with van der Waals surface area (Å²) in [6, 6.07) is 0. The van der Waals surface area contributed by atoms with Crippen molar-refractivity contribution in [2.24, 2.45) is 70.0 Å². The third kappa shape index (κ3) is 1.04. The lowest BCUT2D eigenvalue weighted by Crippen LogP contribution is -2.66. The van der Waals surface area contributed by atoms with Gasteiger partial charge in [0.2, 0.25) is 0 Å². The zero-order chi connectivity index (χ0) is 19.3. The van der Waals surface area contributed by atoms with E-state index >= 15 is 0 Å². The summed E-state index contributed by atoms with van der Waals surface area (Å²) < 4.78 is 10.7. The van der Waals surface area contributed by atoms with Crippen molar-refractivity contribution in [3.63, 3.8) is 0 Å². The average molecular weight is 380 g/mol. The Kier molecular flexibility index (Phi) is 2.34. The fraction of sp³-hybridized carbons (Fsp3) is 0.636. The molecule has 8 rings (SSSR count). The Morgan fingerprint density at radius 3 is 1.50 bits per heavy atom.